The molecule has 2 aromatic carbocycles. The molecule has 0 spiro atoms. The second kappa shape index (κ2) is 12.8. The maximum Gasteiger partial charge on any atom is 0.239 e. The van der Waals surface area contributed by atoms with E-state index in [-0.39, 0.29) is 36.4 Å². The van der Waals surface area contributed by atoms with Crippen LogP contribution in [0.25, 0.3) is 0 Å². The molecule has 0 aromatic heterocycles. The number of hydrogen-bond acceptors (Lipinski definition) is 4. The van der Waals surface area contributed by atoms with E-state index < -0.39 is 0 Å². The zero-order valence-corrected chi connectivity index (χ0v) is 18.7. The van der Waals surface area contributed by atoms with Gasteiger partial charge in [0.2, 0.25) is 5.91 Å². The van der Waals surface area contributed by atoms with Gasteiger partial charge in [0, 0.05) is 25.3 Å². The van der Waals surface area contributed by atoms with Gasteiger partial charge in [-0.15, -0.1) is 24.0 Å². The average Bonchev–Trinajstić information content (AvgIpc) is 2.71. The van der Waals surface area contributed by atoms with Crippen molar-refractivity contribution in [2.45, 2.75) is 6.42 Å². The van der Waals surface area contributed by atoms with Crippen LogP contribution in [0.1, 0.15) is 5.56 Å². The summed E-state index contributed by atoms with van der Waals surface area (Å²) in [4.78, 5) is 16.1. The van der Waals surface area contributed by atoms with E-state index in [1.807, 2.05) is 36.4 Å². The Hall–Kier alpha value is -2.49. The largest absolute Gasteiger partial charge is 0.493 e. The van der Waals surface area contributed by atoms with E-state index in [2.05, 4.69) is 20.9 Å². The van der Waals surface area contributed by atoms with Gasteiger partial charge in [0.15, 0.2) is 17.5 Å². The van der Waals surface area contributed by atoms with Crippen LogP contribution in [0.5, 0.6) is 11.5 Å². The third-order valence-electron chi connectivity index (χ3n) is 3.86. The molecule has 28 heavy (non-hydrogen) atoms. The molecule has 7 nitrogen and oxygen atoms in total. The fourth-order valence-corrected chi connectivity index (χ4v) is 2.45. The molecule has 0 unspecified atom stereocenters. The summed E-state index contributed by atoms with van der Waals surface area (Å²) >= 11 is 0. The highest BCUT2D eigenvalue weighted by Gasteiger charge is 2.07. The predicted molar refractivity (Wildman–Crippen MR) is 123 cm³/mol. The van der Waals surface area contributed by atoms with Crippen LogP contribution in [0, 0.1) is 0 Å². The zero-order valence-electron chi connectivity index (χ0n) is 16.3. The van der Waals surface area contributed by atoms with Crippen LogP contribution in [0.2, 0.25) is 0 Å². The number of carbonyl (C=O) groups is 1. The predicted octanol–water partition coefficient (Wildman–Crippen LogP) is 2.67. The van der Waals surface area contributed by atoms with Crippen LogP contribution in [-0.2, 0) is 11.2 Å². The molecule has 2 rings (SSSR count). The second-order valence-electron chi connectivity index (χ2n) is 5.71. The van der Waals surface area contributed by atoms with E-state index in [9.17, 15) is 4.79 Å². The highest BCUT2D eigenvalue weighted by Crippen LogP contribution is 2.29. The topological polar surface area (TPSA) is 84.0 Å². The Morgan fingerprint density at radius 3 is 2.36 bits per heavy atom. The van der Waals surface area contributed by atoms with Gasteiger partial charge in [-0.1, -0.05) is 30.3 Å². The Labute approximate surface area is 182 Å². The number of ether oxygens (including phenoxy) is 2. The number of nitrogens with one attached hydrogen (secondary N) is 3. The number of benzene rings is 2. The van der Waals surface area contributed by atoms with Gasteiger partial charge >= 0.3 is 0 Å². The molecule has 0 saturated carbocycles. The van der Waals surface area contributed by atoms with Gasteiger partial charge in [-0.2, -0.15) is 0 Å². The number of nitrogens with zero attached hydrogens (tertiary/aromatic N) is 1. The first-order chi connectivity index (χ1) is 13.2. The van der Waals surface area contributed by atoms with Gasteiger partial charge < -0.3 is 25.4 Å². The third-order valence-corrected chi connectivity index (χ3v) is 3.86. The third kappa shape index (κ3) is 7.63. The molecule has 0 atom stereocenters. The van der Waals surface area contributed by atoms with E-state index in [1.165, 1.54) is 5.56 Å². The highest BCUT2D eigenvalue weighted by molar-refractivity contribution is 14.0. The lowest BCUT2D eigenvalue weighted by atomic mass is 10.1. The molecule has 8 heteroatoms. The number of aliphatic imine (C=N–C) groups is 1. The van der Waals surface area contributed by atoms with Gasteiger partial charge in [-0.25, -0.2) is 0 Å². The van der Waals surface area contributed by atoms with Gasteiger partial charge in [0.25, 0.3) is 0 Å². The molecule has 0 heterocycles. The molecule has 152 valence electrons. The van der Waals surface area contributed by atoms with Gasteiger partial charge in [0.05, 0.1) is 20.8 Å². The fourth-order valence-electron chi connectivity index (χ4n) is 2.45. The Balaban J connectivity index is 0.00000392. The van der Waals surface area contributed by atoms with Crippen LogP contribution in [0.3, 0.4) is 0 Å². The van der Waals surface area contributed by atoms with Crippen LogP contribution < -0.4 is 25.4 Å². The summed E-state index contributed by atoms with van der Waals surface area (Å²) in [6.07, 6.45) is 0.797. The molecule has 1 amide bonds. The molecule has 0 saturated heterocycles. The van der Waals surface area contributed by atoms with Gasteiger partial charge in [-0.05, 0) is 24.1 Å². The molecule has 2 aromatic rings. The van der Waals surface area contributed by atoms with Crippen molar-refractivity contribution >= 4 is 41.5 Å². The molecule has 0 fully saturated rings. The maximum atomic E-state index is 12.0. The number of halogens is 1. The Morgan fingerprint density at radius 2 is 1.71 bits per heavy atom. The van der Waals surface area contributed by atoms with Crippen molar-refractivity contribution in [2.75, 3.05) is 39.7 Å². The number of anilines is 1. The molecular weight excluding hydrogens is 471 g/mol. The van der Waals surface area contributed by atoms with Crippen molar-refractivity contribution in [3.8, 4) is 11.5 Å². The summed E-state index contributed by atoms with van der Waals surface area (Å²) in [6.45, 7) is 0.716. The van der Waals surface area contributed by atoms with E-state index in [0.717, 1.165) is 12.1 Å². The van der Waals surface area contributed by atoms with E-state index in [4.69, 9.17) is 9.47 Å². The average molecular weight is 498 g/mol. The van der Waals surface area contributed by atoms with Crippen molar-refractivity contribution in [3.63, 3.8) is 0 Å². The number of rotatable bonds is 8. The van der Waals surface area contributed by atoms with Crippen LogP contribution in [-0.4, -0.2) is 46.2 Å². The molecule has 3 N–H and O–H groups in total. The molecule has 0 bridgehead atoms. The fraction of sp³-hybridized carbons (Fsp3) is 0.300. The first kappa shape index (κ1) is 23.5. The Bertz CT molecular complexity index is 769. The molecular formula is C20H27IN4O3. The summed E-state index contributed by atoms with van der Waals surface area (Å²) < 4.78 is 10.5. The smallest absolute Gasteiger partial charge is 0.239 e. The summed E-state index contributed by atoms with van der Waals surface area (Å²) in [6, 6.07) is 15.5. The molecule has 0 aliphatic heterocycles. The van der Waals surface area contributed by atoms with E-state index in [1.54, 1.807) is 33.4 Å². The zero-order chi connectivity index (χ0) is 19.5. The number of methoxy groups -OCH3 is 2. The SMILES string of the molecule is CN=C(NCC(=O)NCCc1ccccc1)Nc1ccc(OC)c(OC)c1.I. The molecule has 0 radical (unpaired) electrons. The lowest BCUT2D eigenvalue weighted by molar-refractivity contribution is -0.119. The summed E-state index contributed by atoms with van der Waals surface area (Å²) in [5, 5.41) is 8.99. The number of amides is 1. The Kier molecular flexibility index (Phi) is 10.8. The minimum absolute atomic E-state index is 0. The van der Waals surface area contributed by atoms with Crippen molar-refractivity contribution in [3.05, 3.63) is 54.1 Å². The normalized spacial score (nSPS) is 10.5. The van der Waals surface area contributed by atoms with Crippen molar-refractivity contribution in [1.29, 1.82) is 0 Å². The van der Waals surface area contributed by atoms with Crippen molar-refractivity contribution < 1.29 is 14.3 Å². The first-order valence-corrected chi connectivity index (χ1v) is 8.66. The lowest BCUT2D eigenvalue weighted by Crippen LogP contribution is -2.40. The summed E-state index contributed by atoms with van der Waals surface area (Å²) in [5.41, 5.74) is 1.96. The molecule has 0 aliphatic carbocycles. The number of carbonyl (C=O) groups excluding carboxylic acids is 1. The maximum absolute atomic E-state index is 12.0. The van der Waals surface area contributed by atoms with Gasteiger partial charge in [-0.3, -0.25) is 9.79 Å². The van der Waals surface area contributed by atoms with Crippen LogP contribution in [0.4, 0.5) is 5.69 Å². The van der Waals surface area contributed by atoms with E-state index >= 15 is 0 Å². The van der Waals surface area contributed by atoms with Crippen LogP contribution in [0.15, 0.2) is 53.5 Å². The quantitative estimate of drug-likeness (QED) is 0.296. The van der Waals surface area contributed by atoms with Crippen molar-refractivity contribution in [1.82, 2.24) is 10.6 Å². The number of hydrogen-bond donors (Lipinski definition) is 3. The molecule has 0 aliphatic rings. The standard InChI is InChI=1S/C20H26N4O3.HI/c1-21-20(24-16-9-10-17(26-2)18(13-16)27-3)23-14-19(25)22-12-11-15-7-5-4-6-8-15;/h4-10,13H,11-12,14H2,1-3H3,(H,22,25)(H2,21,23,24);1H. The first-order valence-electron chi connectivity index (χ1n) is 8.66. The summed E-state index contributed by atoms with van der Waals surface area (Å²) in [7, 11) is 4.81. The van der Waals surface area contributed by atoms with E-state index in [0.29, 0.717) is 24.0 Å². The lowest BCUT2D eigenvalue weighted by Gasteiger charge is -2.14. The van der Waals surface area contributed by atoms with Crippen LogP contribution >= 0.6 is 24.0 Å². The number of guanidine groups is 1. The second-order valence-corrected chi connectivity index (χ2v) is 5.71. The van der Waals surface area contributed by atoms with Gasteiger partial charge in [0.1, 0.15) is 0 Å². The monoisotopic (exact) mass is 498 g/mol. The highest BCUT2D eigenvalue weighted by atomic mass is 127. The minimum atomic E-state index is -0.0961. The minimum Gasteiger partial charge on any atom is -0.493 e. The van der Waals surface area contributed by atoms with Crippen molar-refractivity contribution in [2.24, 2.45) is 4.99 Å². The Morgan fingerprint density at radius 1 is 1.00 bits per heavy atom. The summed E-state index contributed by atoms with van der Waals surface area (Å²) in [5.74, 6) is 1.64.